The first-order chi connectivity index (χ1) is 12.6. The highest BCUT2D eigenvalue weighted by atomic mass is 16.5. The number of hydrogen-bond donors (Lipinski definition) is 2. The van der Waals surface area contributed by atoms with Gasteiger partial charge in [-0.05, 0) is 19.9 Å². The van der Waals surface area contributed by atoms with Crippen molar-refractivity contribution in [1.29, 1.82) is 0 Å². The van der Waals surface area contributed by atoms with Crippen molar-refractivity contribution in [2.75, 3.05) is 39.6 Å². The number of anilines is 1. The Hall–Kier alpha value is -2.85. The number of methoxy groups -OCH3 is 1. The highest BCUT2D eigenvalue weighted by Crippen LogP contribution is 2.19. The van der Waals surface area contributed by atoms with Crippen molar-refractivity contribution >= 4 is 23.3 Å². The molecule has 0 bridgehead atoms. The summed E-state index contributed by atoms with van der Waals surface area (Å²) in [5, 5.41) is 11.8. The van der Waals surface area contributed by atoms with E-state index < -0.39 is 0 Å². The van der Waals surface area contributed by atoms with E-state index in [9.17, 15) is 4.79 Å². The number of fused-ring (bicyclic) bond motifs is 1. The van der Waals surface area contributed by atoms with Crippen LogP contribution in [-0.2, 0) is 11.2 Å². The smallest absolute Gasteiger partial charge is 0.224 e. The van der Waals surface area contributed by atoms with E-state index in [1.165, 1.54) is 0 Å². The second-order valence-electron chi connectivity index (χ2n) is 6.04. The summed E-state index contributed by atoms with van der Waals surface area (Å²) in [5.74, 6) is 0.600. The number of aromatic amines is 1. The molecular weight excluding hydrogens is 336 g/mol. The number of carbonyl (C=O) groups excluding carboxylic acids is 1. The van der Waals surface area contributed by atoms with Crippen LogP contribution in [0, 0.1) is 0 Å². The molecule has 0 atom stereocenters. The highest BCUT2D eigenvalue weighted by Gasteiger charge is 2.15. The lowest BCUT2D eigenvalue weighted by Crippen LogP contribution is -2.23. The van der Waals surface area contributed by atoms with E-state index in [1.807, 2.05) is 7.05 Å². The molecule has 10 nitrogen and oxygen atoms in total. The van der Waals surface area contributed by atoms with Crippen molar-refractivity contribution in [3.05, 3.63) is 23.7 Å². The second kappa shape index (κ2) is 8.02. The van der Waals surface area contributed by atoms with Crippen LogP contribution in [0.3, 0.4) is 0 Å². The maximum atomic E-state index is 11.4. The molecule has 0 saturated heterocycles. The molecule has 0 aliphatic carbocycles. The molecule has 0 aromatic carbocycles. The van der Waals surface area contributed by atoms with Gasteiger partial charge in [0.1, 0.15) is 5.69 Å². The number of nitrogens with zero attached hydrogens (tertiary/aromatic N) is 6. The van der Waals surface area contributed by atoms with Crippen molar-refractivity contribution in [1.82, 2.24) is 34.8 Å². The number of nitrogens with one attached hydrogen (secondary N) is 1. The van der Waals surface area contributed by atoms with Crippen LogP contribution in [0.4, 0.5) is 5.95 Å². The fourth-order valence-electron chi connectivity index (χ4n) is 2.74. The fraction of sp³-hybridized carbons (Fsp3) is 0.438. The molecule has 3 heterocycles. The number of nitrogen functional groups attached to an aromatic ring is 1. The lowest BCUT2D eigenvalue weighted by molar-refractivity contribution is 0.111. The van der Waals surface area contributed by atoms with Crippen LogP contribution in [-0.4, -0.2) is 75.0 Å². The molecule has 3 rings (SSSR count). The molecule has 0 unspecified atom stereocenters. The van der Waals surface area contributed by atoms with E-state index in [0.717, 1.165) is 38.0 Å². The van der Waals surface area contributed by atoms with Crippen molar-refractivity contribution in [2.24, 2.45) is 0 Å². The SMILES string of the molecule is COCCCN(C)CCc1cn(-c2nc(N)nc3[nH]ncc23)nc1C=O. The van der Waals surface area contributed by atoms with Crippen molar-refractivity contribution < 1.29 is 9.53 Å². The average Bonchev–Trinajstić information content (AvgIpc) is 3.25. The summed E-state index contributed by atoms with van der Waals surface area (Å²) in [6.07, 6.45) is 5.84. The standard InChI is InChI=1S/C16H22N8O2/c1-23(5-3-7-26-2)6-4-11-9-24(22-13(11)10-25)15-12-8-18-21-14(12)19-16(17)20-15/h8-10H,3-7H2,1-2H3,(H3,17,18,19,20,21). The minimum absolute atomic E-state index is 0.110. The minimum atomic E-state index is 0.110. The average molecular weight is 358 g/mol. The van der Waals surface area contributed by atoms with E-state index in [-0.39, 0.29) is 5.95 Å². The summed E-state index contributed by atoms with van der Waals surface area (Å²) >= 11 is 0. The Balaban J connectivity index is 1.80. The van der Waals surface area contributed by atoms with E-state index in [2.05, 4.69) is 30.2 Å². The Labute approximate surface area is 150 Å². The fourth-order valence-corrected chi connectivity index (χ4v) is 2.74. The van der Waals surface area contributed by atoms with Crippen LogP contribution in [0.15, 0.2) is 12.4 Å². The molecule has 0 saturated carbocycles. The van der Waals surface area contributed by atoms with E-state index in [0.29, 0.717) is 29.0 Å². The number of aldehydes is 1. The Kier molecular flexibility index (Phi) is 5.54. The third kappa shape index (κ3) is 3.86. The van der Waals surface area contributed by atoms with Crippen molar-refractivity contribution in [2.45, 2.75) is 12.8 Å². The first-order valence-electron chi connectivity index (χ1n) is 8.30. The molecule has 0 amide bonds. The van der Waals surface area contributed by atoms with Crippen LogP contribution >= 0.6 is 0 Å². The van der Waals surface area contributed by atoms with Gasteiger partial charge in [-0.3, -0.25) is 9.89 Å². The first kappa shape index (κ1) is 18.0. The van der Waals surface area contributed by atoms with Gasteiger partial charge >= 0.3 is 0 Å². The van der Waals surface area contributed by atoms with Gasteiger partial charge in [0.25, 0.3) is 0 Å². The molecule has 0 aliphatic rings. The van der Waals surface area contributed by atoms with Gasteiger partial charge in [0.15, 0.2) is 17.8 Å². The molecule has 0 radical (unpaired) electrons. The first-order valence-corrected chi connectivity index (χ1v) is 8.30. The monoisotopic (exact) mass is 358 g/mol. The summed E-state index contributed by atoms with van der Waals surface area (Å²) < 4.78 is 6.62. The van der Waals surface area contributed by atoms with Gasteiger partial charge in [0.05, 0.1) is 11.6 Å². The molecule has 0 fully saturated rings. The van der Waals surface area contributed by atoms with Gasteiger partial charge in [-0.25, -0.2) is 4.68 Å². The summed E-state index contributed by atoms with van der Waals surface area (Å²) in [5.41, 5.74) is 7.53. The van der Waals surface area contributed by atoms with Crippen LogP contribution in [0.2, 0.25) is 0 Å². The summed E-state index contributed by atoms with van der Waals surface area (Å²) in [6.45, 7) is 2.47. The minimum Gasteiger partial charge on any atom is -0.385 e. The second-order valence-corrected chi connectivity index (χ2v) is 6.04. The van der Waals surface area contributed by atoms with Crippen molar-refractivity contribution in [3.63, 3.8) is 0 Å². The van der Waals surface area contributed by atoms with Crippen LogP contribution in [0.5, 0.6) is 0 Å². The predicted molar refractivity (Wildman–Crippen MR) is 96.3 cm³/mol. The van der Waals surface area contributed by atoms with Crippen molar-refractivity contribution in [3.8, 4) is 5.82 Å². The summed E-state index contributed by atoms with van der Waals surface area (Å²) in [4.78, 5) is 22.0. The van der Waals surface area contributed by atoms with E-state index >= 15 is 0 Å². The summed E-state index contributed by atoms with van der Waals surface area (Å²) in [6, 6.07) is 0. The van der Waals surface area contributed by atoms with E-state index in [1.54, 1.807) is 24.2 Å². The van der Waals surface area contributed by atoms with Crippen LogP contribution in [0.25, 0.3) is 16.9 Å². The number of H-pyrrole nitrogens is 1. The predicted octanol–water partition coefficient (Wildman–Crippen LogP) is 0.444. The van der Waals surface area contributed by atoms with Gasteiger partial charge in [0.2, 0.25) is 5.95 Å². The zero-order valence-electron chi connectivity index (χ0n) is 14.8. The Morgan fingerprint density at radius 1 is 1.38 bits per heavy atom. The third-order valence-corrected chi connectivity index (χ3v) is 4.11. The Morgan fingerprint density at radius 2 is 2.23 bits per heavy atom. The molecular formula is C16H22N8O2. The molecule has 0 spiro atoms. The number of likely N-dealkylation sites (N-methyl/N-ethyl adjacent to an activating group) is 1. The lowest BCUT2D eigenvalue weighted by Gasteiger charge is -2.15. The maximum Gasteiger partial charge on any atom is 0.224 e. The normalized spacial score (nSPS) is 11.5. The third-order valence-electron chi connectivity index (χ3n) is 4.11. The number of nitrogens with two attached hydrogens (primary N) is 1. The zero-order valence-corrected chi connectivity index (χ0v) is 14.8. The van der Waals surface area contributed by atoms with Crippen LogP contribution in [0.1, 0.15) is 22.5 Å². The molecule has 3 N–H and O–H groups in total. The largest absolute Gasteiger partial charge is 0.385 e. The summed E-state index contributed by atoms with van der Waals surface area (Å²) in [7, 11) is 3.74. The van der Waals surface area contributed by atoms with Gasteiger partial charge in [-0.1, -0.05) is 0 Å². The van der Waals surface area contributed by atoms with E-state index in [4.69, 9.17) is 10.5 Å². The molecule has 0 aliphatic heterocycles. The van der Waals surface area contributed by atoms with Gasteiger partial charge in [-0.15, -0.1) is 0 Å². The molecule has 10 heteroatoms. The van der Waals surface area contributed by atoms with Crippen LogP contribution < -0.4 is 5.73 Å². The van der Waals surface area contributed by atoms with Gasteiger partial charge in [0, 0.05) is 38.6 Å². The molecule has 138 valence electrons. The molecule has 26 heavy (non-hydrogen) atoms. The Morgan fingerprint density at radius 3 is 3.00 bits per heavy atom. The molecule has 3 aromatic rings. The van der Waals surface area contributed by atoms with Gasteiger partial charge < -0.3 is 15.4 Å². The van der Waals surface area contributed by atoms with Gasteiger partial charge in [-0.2, -0.15) is 20.2 Å². The maximum absolute atomic E-state index is 11.4. The number of carbonyl (C=O) groups is 1. The number of aromatic nitrogens is 6. The highest BCUT2D eigenvalue weighted by molar-refractivity contribution is 5.83. The lowest BCUT2D eigenvalue weighted by atomic mass is 10.2. The number of hydrogen-bond acceptors (Lipinski definition) is 8. The molecule has 3 aromatic heterocycles. The quantitative estimate of drug-likeness (QED) is 0.417. The Bertz CT molecular complexity index is 888. The zero-order chi connectivity index (χ0) is 18.5. The number of ether oxygens (including phenoxy) is 1. The topological polar surface area (TPSA) is 128 Å². The number of rotatable bonds is 9.